The fourth-order valence-electron chi connectivity index (χ4n) is 5.96. The van der Waals surface area contributed by atoms with Crippen LogP contribution in [0.25, 0.3) is 0 Å². The minimum atomic E-state index is -0.965. The number of aromatic nitrogens is 4. The Kier molecular flexibility index (Phi) is 11.7. The average molecular weight is 601 g/mol. The van der Waals surface area contributed by atoms with E-state index in [0.29, 0.717) is 44.5 Å². The number of nitrogens with zero attached hydrogens (tertiary/aromatic N) is 4. The van der Waals surface area contributed by atoms with Crippen molar-refractivity contribution in [2.24, 2.45) is 11.7 Å². The molecule has 234 valence electrons. The van der Waals surface area contributed by atoms with Crippen LogP contribution in [0.3, 0.4) is 0 Å². The van der Waals surface area contributed by atoms with Crippen LogP contribution >= 0.6 is 0 Å². The number of amides is 1. The second kappa shape index (κ2) is 16.3. The van der Waals surface area contributed by atoms with Crippen LogP contribution < -0.4 is 11.1 Å². The van der Waals surface area contributed by atoms with Gasteiger partial charge in [-0.25, -0.2) is 9.97 Å². The van der Waals surface area contributed by atoms with Gasteiger partial charge in [-0.05, 0) is 23.5 Å². The Morgan fingerprint density at radius 3 is 2.23 bits per heavy atom. The summed E-state index contributed by atoms with van der Waals surface area (Å²) < 4.78 is 15.6. The minimum absolute atomic E-state index is 0.249. The molecule has 1 amide bonds. The third-order valence-electron chi connectivity index (χ3n) is 8.36. The van der Waals surface area contributed by atoms with Crippen LogP contribution in [0, 0.1) is 5.92 Å². The molecule has 44 heavy (non-hydrogen) atoms. The zero-order valence-corrected chi connectivity index (χ0v) is 25.2. The van der Waals surface area contributed by atoms with Crippen molar-refractivity contribution in [3.05, 3.63) is 108 Å². The highest BCUT2D eigenvalue weighted by molar-refractivity contribution is 5.80. The van der Waals surface area contributed by atoms with Crippen LogP contribution in [0.2, 0.25) is 0 Å². The number of rotatable bonds is 17. The van der Waals surface area contributed by atoms with Crippen molar-refractivity contribution >= 4 is 5.91 Å². The van der Waals surface area contributed by atoms with Crippen molar-refractivity contribution in [1.82, 2.24) is 24.4 Å². The molecule has 1 aliphatic rings. The van der Waals surface area contributed by atoms with Crippen LogP contribution in [0.1, 0.15) is 67.3 Å². The van der Waals surface area contributed by atoms with Gasteiger partial charge in [-0.2, -0.15) is 0 Å². The van der Waals surface area contributed by atoms with Gasteiger partial charge in [-0.1, -0.05) is 92.8 Å². The van der Waals surface area contributed by atoms with Crippen LogP contribution in [-0.4, -0.2) is 42.2 Å². The maximum absolute atomic E-state index is 12.8. The molecule has 1 saturated carbocycles. The largest absolute Gasteiger partial charge is 0.384 e. The monoisotopic (exact) mass is 600 g/mol. The average Bonchev–Trinajstić information content (AvgIpc) is 3.71. The van der Waals surface area contributed by atoms with Crippen LogP contribution in [0.15, 0.2) is 85.6 Å². The van der Waals surface area contributed by atoms with E-state index < -0.39 is 24.1 Å². The van der Waals surface area contributed by atoms with Crippen LogP contribution in [0.4, 0.5) is 0 Å². The number of imidazole rings is 2. The molecule has 4 N–H and O–H groups in total. The zero-order chi connectivity index (χ0) is 30.6. The number of hydrogen-bond donors (Lipinski definition) is 3. The molecule has 2 aromatic carbocycles. The smallest absolute Gasteiger partial charge is 0.234 e. The first-order valence-electron chi connectivity index (χ1n) is 15.5. The highest BCUT2D eigenvalue weighted by Crippen LogP contribution is 2.31. The SMILES string of the molecule is NC(=O)[C@H](Cc1cncn1COCc1ccccc1)N[C@@H](CC1CCCCC1)[C@@H](O)c1nccn1COCc1ccccc1. The summed E-state index contributed by atoms with van der Waals surface area (Å²) in [5, 5.41) is 15.2. The molecule has 2 heterocycles. The lowest BCUT2D eigenvalue weighted by Crippen LogP contribution is -2.51. The second-order valence-electron chi connectivity index (χ2n) is 11.7. The van der Waals surface area contributed by atoms with Gasteiger partial charge in [0.1, 0.15) is 25.4 Å². The first kappa shape index (κ1) is 31.6. The lowest BCUT2D eigenvalue weighted by molar-refractivity contribution is -0.120. The topological polar surface area (TPSA) is 129 Å². The number of nitrogens with two attached hydrogens (primary N) is 1. The lowest BCUT2D eigenvalue weighted by atomic mass is 9.83. The molecule has 0 unspecified atom stereocenters. The number of ether oxygens (including phenoxy) is 2. The standard InChI is InChI=1S/C34H44N6O4/c35-33(42)31(19-29-20-36-23-40(29)25-44-22-28-14-8-3-9-15-28)38-30(18-26-10-4-1-5-11-26)32(41)34-37-16-17-39(34)24-43-21-27-12-6-2-7-13-27/h2-3,6-9,12-17,20,23,26,30-32,38,41H,1,4-5,10-11,18-19,21-22,24-25H2,(H2,35,42)/t30-,31-,32+/m0/s1. The molecule has 10 nitrogen and oxygen atoms in total. The van der Waals surface area contributed by atoms with Gasteiger partial charge in [0, 0.05) is 36.7 Å². The van der Waals surface area contributed by atoms with Gasteiger partial charge in [0.25, 0.3) is 0 Å². The van der Waals surface area contributed by atoms with Crippen molar-refractivity contribution in [3.63, 3.8) is 0 Å². The number of nitrogens with one attached hydrogen (secondary N) is 1. The third-order valence-corrected chi connectivity index (χ3v) is 8.36. The maximum Gasteiger partial charge on any atom is 0.234 e. The molecular weight excluding hydrogens is 556 g/mol. The van der Waals surface area contributed by atoms with E-state index in [4.69, 9.17) is 15.2 Å². The van der Waals surface area contributed by atoms with Crippen molar-refractivity contribution in [1.29, 1.82) is 0 Å². The number of primary amides is 1. The highest BCUT2D eigenvalue weighted by atomic mass is 16.5. The Morgan fingerprint density at radius 2 is 1.59 bits per heavy atom. The van der Waals surface area contributed by atoms with Crippen molar-refractivity contribution in [2.45, 2.75) is 89.8 Å². The number of carbonyl (C=O) groups excluding carboxylic acids is 1. The third kappa shape index (κ3) is 9.09. The summed E-state index contributed by atoms with van der Waals surface area (Å²) in [7, 11) is 0. The summed E-state index contributed by atoms with van der Waals surface area (Å²) in [6.07, 6.45) is 12.8. The van der Waals surface area contributed by atoms with Crippen molar-refractivity contribution in [2.75, 3.05) is 0 Å². The minimum Gasteiger partial charge on any atom is -0.384 e. The summed E-state index contributed by atoms with van der Waals surface area (Å²) in [5.41, 5.74) is 8.91. The van der Waals surface area contributed by atoms with Gasteiger partial charge in [-0.15, -0.1) is 0 Å². The summed E-state index contributed by atoms with van der Waals surface area (Å²) in [4.78, 5) is 21.6. The fourth-order valence-corrected chi connectivity index (χ4v) is 5.96. The number of carbonyl (C=O) groups is 1. The summed E-state index contributed by atoms with van der Waals surface area (Å²) >= 11 is 0. The molecule has 10 heteroatoms. The van der Waals surface area contributed by atoms with Crippen molar-refractivity contribution < 1.29 is 19.4 Å². The van der Waals surface area contributed by atoms with Crippen LogP contribution in [0.5, 0.6) is 0 Å². The predicted octanol–water partition coefficient (Wildman–Crippen LogP) is 4.49. The van der Waals surface area contributed by atoms with Gasteiger partial charge in [0.2, 0.25) is 5.91 Å². The highest BCUT2D eigenvalue weighted by Gasteiger charge is 2.32. The second-order valence-corrected chi connectivity index (χ2v) is 11.7. The molecule has 0 aliphatic heterocycles. The summed E-state index contributed by atoms with van der Waals surface area (Å²) in [5.74, 6) is 0.450. The molecule has 0 spiro atoms. The number of aliphatic hydroxyl groups is 1. The predicted molar refractivity (Wildman–Crippen MR) is 167 cm³/mol. The Hall–Kier alpha value is -3.83. The van der Waals surface area contributed by atoms with E-state index in [1.165, 1.54) is 19.3 Å². The first-order chi connectivity index (χ1) is 21.6. The maximum atomic E-state index is 12.8. The Labute approximate surface area is 259 Å². The fraction of sp³-hybridized carbons (Fsp3) is 0.441. The molecule has 2 aromatic heterocycles. The van der Waals surface area contributed by atoms with E-state index in [1.807, 2.05) is 69.8 Å². The molecule has 1 fully saturated rings. The molecule has 3 atom stereocenters. The summed E-state index contributed by atoms with van der Waals surface area (Å²) in [6, 6.07) is 18.8. The van der Waals surface area contributed by atoms with E-state index in [9.17, 15) is 9.90 Å². The number of benzene rings is 2. The Bertz CT molecular complexity index is 1400. The molecule has 1 aliphatic carbocycles. The van der Waals surface area contributed by atoms with E-state index >= 15 is 0 Å². The van der Waals surface area contributed by atoms with Gasteiger partial charge >= 0.3 is 0 Å². The van der Waals surface area contributed by atoms with Gasteiger partial charge in [0.05, 0.1) is 25.6 Å². The zero-order valence-electron chi connectivity index (χ0n) is 25.2. The Morgan fingerprint density at radius 1 is 0.955 bits per heavy atom. The molecule has 0 bridgehead atoms. The van der Waals surface area contributed by atoms with Gasteiger partial charge < -0.3 is 29.4 Å². The normalized spacial score (nSPS) is 16.0. The van der Waals surface area contributed by atoms with E-state index in [0.717, 1.165) is 29.7 Å². The van der Waals surface area contributed by atoms with Gasteiger partial charge in [-0.3, -0.25) is 10.1 Å². The quantitative estimate of drug-likeness (QED) is 0.163. The summed E-state index contributed by atoms with van der Waals surface area (Å²) in [6.45, 7) is 1.46. The molecule has 0 radical (unpaired) electrons. The Balaban J connectivity index is 1.26. The molecule has 4 aromatic rings. The molecular formula is C34H44N6O4. The van der Waals surface area contributed by atoms with E-state index in [2.05, 4.69) is 15.3 Å². The van der Waals surface area contributed by atoms with E-state index in [1.54, 1.807) is 24.9 Å². The molecule has 0 saturated heterocycles. The van der Waals surface area contributed by atoms with Crippen molar-refractivity contribution in [3.8, 4) is 0 Å². The molecule has 5 rings (SSSR count). The number of hydrogen-bond acceptors (Lipinski definition) is 7. The van der Waals surface area contributed by atoms with Crippen LogP contribution in [-0.2, 0) is 47.4 Å². The van der Waals surface area contributed by atoms with Gasteiger partial charge in [0.15, 0.2) is 0 Å². The van der Waals surface area contributed by atoms with E-state index in [-0.39, 0.29) is 6.73 Å². The lowest BCUT2D eigenvalue weighted by Gasteiger charge is -2.32. The number of aliphatic hydroxyl groups excluding tert-OH is 1. The first-order valence-corrected chi connectivity index (χ1v) is 15.5.